The Bertz CT molecular complexity index is 1110. The van der Waals surface area contributed by atoms with E-state index in [-0.39, 0.29) is 28.6 Å². The first kappa shape index (κ1) is 21.6. The molecule has 0 aliphatic carbocycles. The molecule has 0 amide bonds. The molecule has 0 saturated heterocycles. The molecule has 0 spiro atoms. The minimum Gasteiger partial charge on any atom is -0.378 e. The number of hydrogen-bond donors (Lipinski definition) is 1. The first-order chi connectivity index (χ1) is 14.0. The van der Waals surface area contributed by atoms with E-state index in [1.807, 2.05) is 0 Å². The zero-order chi connectivity index (χ0) is 22.1. The first-order valence-electron chi connectivity index (χ1n) is 8.18. The summed E-state index contributed by atoms with van der Waals surface area (Å²) in [4.78, 5) is 16.0. The third-order valence-electron chi connectivity index (χ3n) is 3.95. The number of nitrogens with one attached hydrogen (secondary N) is 1. The van der Waals surface area contributed by atoms with Crippen molar-refractivity contribution in [3.05, 3.63) is 80.9 Å². The van der Waals surface area contributed by atoms with E-state index in [0.717, 1.165) is 30.5 Å². The predicted molar refractivity (Wildman–Crippen MR) is 96.4 cm³/mol. The SMILES string of the molecule is O=c1c(Cl)c(NCc2cccc(C(F)(F)F)c2)cnn1-c1ccc(C(F)(F)F)cn1. The van der Waals surface area contributed by atoms with Crippen molar-refractivity contribution < 1.29 is 26.3 Å². The molecule has 0 fully saturated rings. The van der Waals surface area contributed by atoms with Crippen LogP contribution in [-0.4, -0.2) is 14.8 Å². The maximum absolute atomic E-state index is 12.8. The molecule has 30 heavy (non-hydrogen) atoms. The Morgan fingerprint density at radius 1 is 0.967 bits per heavy atom. The van der Waals surface area contributed by atoms with Gasteiger partial charge in [0, 0.05) is 12.7 Å². The zero-order valence-corrected chi connectivity index (χ0v) is 15.5. The van der Waals surface area contributed by atoms with E-state index in [9.17, 15) is 31.1 Å². The van der Waals surface area contributed by atoms with Crippen molar-refractivity contribution in [2.75, 3.05) is 5.32 Å². The minimum atomic E-state index is -4.58. The molecule has 3 aromatic rings. The van der Waals surface area contributed by atoms with Crippen LogP contribution in [0.1, 0.15) is 16.7 Å². The van der Waals surface area contributed by atoms with E-state index in [0.29, 0.717) is 10.9 Å². The Kier molecular flexibility index (Phi) is 5.75. The van der Waals surface area contributed by atoms with Crippen molar-refractivity contribution in [2.45, 2.75) is 18.9 Å². The molecular formula is C18H11ClF6N4O. The standard InChI is InChI=1S/C18H11ClF6N4O/c19-15-13(26-7-10-2-1-3-11(6-10)17(20,21)22)9-28-29(16(15)30)14-5-4-12(8-27-14)18(23,24)25/h1-6,8-9,26H,7H2. The fourth-order valence-electron chi connectivity index (χ4n) is 2.45. The van der Waals surface area contributed by atoms with Crippen LogP contribution < -0.4 is 10.9 Å². The summed E-state index contributed by atoms with van der Waals surface area (Å²) >= 11 is 6.00. The van der Waals surface area contributed by atoms with Gasteiger partial charge in [0.05, 0.1) is 23.0 Å². The Balaban J connectivity index is 1.81. The molecule has 5 nitrogen and oxygen atoms in total. The second-order valence-electron chi connectivity index (χ2n) is 6.04. The number of nitrogens with zero attached hydrogens (tertiary/aromatic N) is 3. The van der Waals surface area contributed by atoms with Crippen LogP contribution in [0, 0.1) is 0 Å². The lowest BCUT2D eigenvalue weighted by atomic mass is 10.1. The van der Waals surface area contributed by atoms with Gasteiger partial charge >= 0.3 is 12.4 Å². The Labute approximate surface area is 169 Å². The molecule has 0 atom stereocenters. The van der Waals surface area contributed by atoms with Crippen LogP contribution in [0.4, 0.5) is 32.0 Å². The van der Waals surface area contributed by atoms with Crippen molar-refractivity contribution >= 4 is 17.3 Å². The molecule has 3 rings (SSSR count). The lowest BCUT2D eigenvalue weighted by Gasteiger charge is -2.12. The van der Waals surface area contributed by atoms with E-state index in [2.05, 4.69) is 15.4 Å². The fourth-order valence-corrected chi connectivity index (χ4v) is 2.65. The third kappa shape index (κ3) is 4.73. The highest BCUT2D eigenvalue weighted by atomic mass is 35.5. The van der Waals surface area contributed by atoms with Gasteiger partial charge in [-0.25, -0.2) is 4.98 Å². The van der Waals surface area contributed by atoms with Crippen molar-refractivity contribution in [3.63, 3.8) is 0 Å². The van der Waals surface area contributed by atoms with E-state index in [1.165, 1.54) is 12.1 Å². The molecule has 0 saturated carbocycles. The molecule has 1 N–H and O–H groups in total. The average molecular weight is 449 g/mol. The molecule has 0 radical (unpaired) electrons. The molecule has 0 aliphatic rings. The quantitative estimate of drug-likeness (QED) is 0.575. The van der Waals surface area contributed by atoms with E-state index < -0.39 is 29.0 Å². The Morgan fingerprint density at radius 3 is 2.27 bits per heavy atom. The number of benzene rings is 1. The van der Waals surface area contributed by atoms with Gasteiger partial charge in [-0.3, -0.25) is 4.79 Å². The monoisotopic (exact) mass is 448 g/mol. The number of hydrogen-bond acceptors (Lipinski definition) is 4. The van der Waals surface area contributed by atoms with Gasteiger partial charge in [0.15, 0.2) is 5.82 Å². The molecule has 2 heterocycles. The molecular weight excluding hydrogens is 438 g/mol. The van der Waals surface area contributed by atoms with Crippen molar-refractivity contribution in [1.29, 1.82) is 0 Å². The van der Waals surface area contributed by atoms with Crippen LogP contribution in [0.15, 0.2) is 53.6 Å². The van der Waals surface area contributed by atoms with Crippen LogP contribution >= 0.6 is 11.6 Å². The molecule has 2 aromatic heterocycles. The highest BCUT2D eigenvalue weighted by molar-refractivity contribution is 6.32. The summed E-state index contributed by atoms with van der Waals surface area (Å²) in [7, 11) is 0. The van der Waals surface area contributed by atoms with Crippen molar-refractivity contribution in [2.24, 2.45) is 0 Å². The molecule has 158 valence electrons. The summed E-state index contributed by atoms with van der Waals surface area (Å²) in [5.41, 5.74) is -2.35. The number of rotatable bonds is 4. The summed E-state index contributed by atoms with van der Waals surface area (Å²) in [6.07, 6.45) is -7.41. The maximum atomic E-state index is 12.8. The normalized spacial score (nSPS) is 12.1. The van der Waals surface area contributed by atoms with E-state index in [1.54, 1.807) is 0 Å². The summed E-state index contributed by atoms with van der Waals surface area (Å²) in [5, 5.41) is 6.17. The van der Waals surface area contributed by atoms with Crippen LogP contribution in [-0.2, 0) is 18.9 Å². The number of pyridine rings is 1. The zero-order valence-electron chi connectivity index (χ0n) is 14.7. The van der Waals surface area contributed by atoms with Gasteiger partial charge in [-0.15, -0.1) is 0 Å². The topological polar surface area (TPSA) is 59.8 Å². The molecule has 12 heteroatoms. The highest BCUT2D eigenvalue weighted by Crippen LogP contribution is 2.30. The Hall–Kier alpha value is -3.08. The largest absolute Gasteiger partial charge is 0.417 e. The van der Waals surface area contributed by atoms with Gasteiger partial charge < -0.3 is 5.32 Å². The first-order valence-corrected chi connectivity index (χ1v) is 8.56. The van der Waals surface area contributed by atoms with E-state index in [4.69, 9.17) is 11.6 Å². The predicted octanol–water partition coefficient (Wildman–Crippen LogP) is 4.93. The molecule has 1 aromatic carbocycles. The summed E-state index contributed by atoms with van der Waals surface area (Å²) in [5.74, 6) is -0.181. The second-order valence-corrected chi connectivity index (χ2v) is 6.42. The van der Waals surface area contributed by atoms with Gasteiger partial charge in [0.1, 0.15) is 5.02 Å². The summed E-state index contributed by atoms with van der Waals surface area (Å²) in [6, 6.07) is 6.27. The average Bonchev–Trinajstić information content (AvgIpc) is 2.68. The number of alkyl halides is 6. The van der Waals surface area contributed by atoms with Crippen LogP contribution in [0.2, 0.25) is 5.02 Å². The fraction of sp³-hybridized carbons (Fsp3) is 0.167. The van der Waals surface area contributed by atoms with Crippen LogP contribution in [0.5, 0.6) is 0 Å². The second kappa shape index (κ2) is 7.98. The maximum Gasteiger partial charge on any atom is 0.417 e. The number of aromatic nitrogens is 3. The van der Waals surface area contributed by atoms with Crippen molar-refractivity contribution in [1.82, 2.24) is 14.8 Å². The van der Waals surface area contributed by atoms with Gasteiger partial charge in [-0.05, 0) is 29.8 Å². The lowest BCUT2D eigenvalue weighted by Crippen LogP contribution is -2.23. The smallest absolute Gasteiger partial charge is 0.378 e. The van der Waals surface area contributed by atoms with Gasteiger partial charge in [0.2, 0.25) is 0 Å². The van der Waals surface area contributed by atoms with Crippen LogP contribution in [0.25, 0.3) is 5.82 Å². The number of halogens is 7. The van der Waals surface area contributed by atoms with Crippen molar-refractivity contribution in [3.8, 4) is 5.82 Å². The lowest BCUT2D eigenvalue weighted by molar-refractivity contribution is -0.138. The number of anilines is 1. The molecule has 0 aliphatic heterocycles. The van der Waals surface area contributed by atoms with E-state index >= 15 is 0 Å². The van der Waals surface area contributed by atoms with Gasteiger partial charge in [-0.1, -0.05) is 23.7 Å². The Morgan fingerprint density at radius 2 is 1.67 bits per heavy atom. The molecule has 0 bridgehead atoms. The van der Waals surface area contributed by atoms with Crippen LogP contribution in [0.3, 0.4) is 0 Å². The summed E-state index contributed by atoms with van der Waals surface area (Å²) in [6.45, 7) is -0.0761. The summed E-state index contributed by atoms with van der Waals surface area (Å²) < 4.78 is 76.9. The third-order valence-corrected chi connectivity index (χ3v) is 4.31. The molecule has 0 unspecified atom stereocenters. The minimum absolute atomic E-state index is 0.0437. The van der Waals surface area contributed by atoms with Gasteiger partial charge in [0.25, 0.3) is 5.56 Å². The van der Waals surface area contributed by atoms with Gasteiger partial charge in [-0.2, -0.15) is 36.1 Å². The highest BCUT2D eigenvalue weighted by Gasteiger charge is 2.31.